The Morgan fingerprint density at radius 2 is 1.94 bits per heavy atom. The Kier molecular flexibility index (Phi) is 4.11. The lowest BCUT2D eigenvalue weighted by Crippen LogP contribution is -2.60. The largest absolute Gasteiger partial charge is 0.311 e. The summed E-state index contributed by atoms with van der Waals surface area (Å²) in [7, 11) is 4.48. The van der Waals surface area contributed by atoms with Gasteiger partial charge in [-0.15, -0.1) is 0 Å². The van der Waals surface area contributed by atoms with E-state index in [-0.39, 0.29) is 0 Å². The van der Waals surface area contributed by atoms with Crippen LogP contribution in [0.5, 0.6) is 0 Å². The van der Waals surface area contributed by atoms with E-state index in [0.29, 0.717) is 17.0 Å². The second-order valence-electron chi connectivity index (χ2n) is 6.72. The molecule has 1 heterocycles. The highest BCUT2D eigenvalue weighted by atomic mass is 32.2. The molecule has 1 N–H and O–H groups in total. The molecule has 2 aliphatic rings. The fourth-order valence-corrected chi connectivity index (χ4v) is 4.59. The summed E-state index contributed by atoms with van der Waals surface area (Å²) in [6.07, 6.45) is 5.49. The zero-order valence-electron chi connectivity index (χ0n) is 11.9. The van der Waals surface area contributed by atoms with E-state index < -0.39 is 0 Å². The average Bonchev–Trinajstić information content (AvgIpc) is 2.17. The first kappa shape index (κ1) is 13.7. The standard InChI is InChI=1S/C14H28N2S/c1-13(2)8-9-17-10-12(13)15-11-14(16(3)4)6-5-7-14/h12,15H,5-11H2,1-4H3. The van der Waals surface area contributed by atoms with E-state index in [1.165, 1.54) is 43.7 Å². The molecule has 2 fully saturated rings. The molecule has 0 aromatic carbocycles. The Labute approximate surface area is 111 Å². The van der Waals surface area contributed by atoms with Crippen molar-refractivity contribution in [3.8, 4) is 0 Å². The van der Waals surface area contributed by atoms with E-state index in [4.69, 9.17) is 0 Å². The van der Waals surface area contributed by atoms with Crippen LogP contribution in [-0.2, 0) is 0 Å². The van der Waals surface area contributed by atoms with E-state index >= 15 is 0 Å². The number of hydrogen-bond donors (Lipinski definition) is 1. The van der Waals surface area contributed by atoms with Gasteiger partial charge in [-0.25, -0.2) is 0 Å². The van der Waals surface area contributed by atoms with Crippen LogP contribution in [-0.4, -0.2) is 48.6 Å². The first-order valence-corrected chi connectivity index (χ1v) is 8.10. The first-order valence-electron chi connectivity index (χ1n) is 6.95. The molecular weight excluding hydrogens is 228 g/mol. The highest BCUT2D eigenvalue weighted by molar-refractivity contribution is 7.99. The normalized spacial score (nSPS) is 31.2. The van der Waals surface area contributed by atoms with Crippen molar-refractivity contribution in [3.63, 3.8) is 0 Å². The van der Waals surface area contributed by atoms with Crippen molar-refractivity contribution in [2.75, 3.05) is 32.1 Å². The second-order valence-corrected chi connectivity index (χ2v) is 7.87. The van der Waals surface area contributed by atoms with Crippen LogP contribution in [0.3, 0.4) is 0 Å². The summed E-state index contributed by atoms with van der Waals surface area (Å²) in [5, 5.41) is 3.87. The Hall–Kier alpha value is 0.270. The molecule has 100 valence electrons. The Bertz CT molecular complexity index is 259. The lowest BCUT2D eigenvalue weighted by molar-refractivity contribution is 0.0518. The predicted octanol–water partition coefficient (Wildman–Crippen LogP) is 2.59. The third-order valence-corrected chi connectivity index (χ3v) is 6.09. The van der Waals surface area contributed by atoms with Crippen LogP contribution >= 0.6 is 11.8 Å². The topological polar surface area (TPSA) is 15.3 Å². The molecule has 1 saturated carbocycles. The SMILES string of the molecule is CN(C)C1(CNC2CSCCC2(C)C)CCC1. The molecule has 1 saturated heterocycles. The first-order chi connectivity index (χ1) is 7.96. The van der Waals surface area contributed by atoms with Crippen molar-refractivity contribution in [2.45, 2.75) is 51.1 Å². The van der Waals surface area contributed by atoms with Crippen molar-refractivity contribution in [1.29, 1.82) is 0 Å². The van der Waals surface area contributed by atoms with Gasteiger partial charge in [-0.2, -0.15) is 11.8 Å². The van der Waals surface area contributed by atoms with Gasteiger partial charge in [0.15, 0.2) is 0 Å². The van der Waals surface area contributed by atoms with Gasteiger partial charge in [0.1, 0.15) is 0 Å². The smallest absolute Gasteiger partial charge is 0.0328 e. The summed E-state index contributed by atoms with van der Waals surface area (Å²) in [5.74, 6) is 2.63. The van der Waals surface area contributed by atoms with Gasteiger partial charge in [-0.1, -0.05) is 13.8 Å². The fraction of sp³-hybridized carbons (Fsp3) is 1.00. The molecule has 1 aliphatic carbocycles. The summed E-state index contributed by atoms with van der Waals surface area (Å²) < 4.78 is 0. The molecule has 0 amide bonds. The Morgan fingerprint density at radius 1 is 1.24 bits per heavy atom. The van der Waals surface area contributed by atoms with Crippen molar-refractivity contribution in [2.24, 2.45) is 5.41 Å². The van der Waals surface area contributed by atoms with Crippen LogP contribution in [0.25, 0.3) is 0 Å². The van der Waals surface area contributed by atoms with Crippen LogP contribution in [0, 0.1) is 5.41 Å². The fourth-order valence-electron chi connectivity index (χ4n) is 2.95. The van der Waals surface area contributed by atoms with Gasteiger partial charge in [0.25, 0.3) is 0 Å². The minimum atomic E-state index is 0.457. The van der Waals surface area contributed by atoms with Gasteiger partial charge < -0.3 is 10.2 Å². The molecule has 1 atom stereocenters. The van der Waals surface area contributed by atoms with Crippen LogP contribution in [0.4, 0.5) is 0 Å². The molecule has 0 spiro atoms. The minimum Gasteiger partial charge on any atom is -0.311 e. The van der Waals surface area contributed by atoms with Crippen molar-refractivity contribution >= 4 is 11.8 Å². The van der Waals surface area contributed by atoms with Gasteiger partial charge in [-0.3, -0.25) is 0 Å². The maximum atomic E-state index is 3.87. The molecule has 0 aromatic heterocycles. The number of rotatable bonds is 4. The Morgan fingerprint density at radius 3 is 2.41 bits per heavy atom. The van der Waals surface area contributed by atoms with Crippen LogP contribution < -0.4 is 5.32 Å². The molecular formula is C14H28N2S. The van der Waals surface area contributed by atoms with Gasteiger partial charge in [0, 0.05) is 23.9 Å². The van der Waals surface area contributed by atoms with E-state index in [2.05, 4.69) is 49.9 Å². The van der Waals surface area contributed by atoms with Gasteiger partial charge in [0.05, 0.1) is 0 Å². The van der Waals surface area contributed by atoms with Crippen molar-refractivity contribution in [1.82, 2.24) is 10.2 Å². The van der Waals surface area contributed by atoms with E-state index in [1.54, 1.807) is 0 Å². The lowest BCUT2D eigenvalue weighted by atomic mass is 9.74. The summed E-state index contributed by atoms with van der Waals surface area (Å²) >= 11 is 2.11. The van der Waals surface area contributed by atoms with Crippen molar-refractivity contribution in [3.05, 3.63) is 0 Å². The molecule has 2 nitrogen and oxygen atoms in total. The molecule has 0 radical (unpaired) electrons. The quantitative estimate of drug-likeness (QED) is 0.832. The van der Waals surface area contributed by atoms with Crippen molar-refractivity contribution < 1.29 is 0 Å². The molecule has 3 heteroatoms. The van der Waals surface area contributed by atoms with Crippen LogP contribution in [0.15, 0.2) is 0 Å². The molecule has 1 aliphatic heterocycles. The van der Waals surface area contributed by atoms with Crippen LogP contribution in [0.2, 0.25) is 0 Å². The summed E-state index contributed by atoms with van der Waals surface area (Å²) in [6.45, 7) is 6.02. The monoisotopic (exact) mass is 256 g/mol. The summed E-state index contributed by atoms with van der Waals surface area (Å²) in [6, 6.07) is 0.693. The average molecular weight is 256 g/mol. The maximum absolute atomic E-state index is 3.87. The predicted molar refractivity (Wildman–Crippen MR) is 77.8 cm³/mol. The number of nitrogens with one attached hydrogen (secondary N) is 1. The molecule has 2 rings (SSSR count). The maximum Gasteiger partial charge on any atom is 0.0328 e. The van der Waals surface area contributed by atoms with Gasteiger partial charge in [0.2, 0.25) is 0 Å². The number of likely N-dealkylation sites (N-methyl/N-ethyl adjacent to an activating group) is 1. The molecule has 0 aromatic rings. The van der Waals surface area contributed by atoms with E-state index in [1.807, 2.05) is 0 Å². The highest BCUT2D eigenvalue weighted by Crippen LogP contribution is 2.38. The summed E-state index contributed by atoms with van der Waals surface area (Å²) in [4.78, 5) is 2.44. The Balaban J connectivity index is 1.88. The zero-order chi connectivity index (χ0) is 12.5. The molecule has 1 unspecified atom stereocenters. The van der Waals surface area contributed by atoms with Crippen LogP contribution in [0.1, 0.15) is 39.5 Å². The zero-order valence-corrected chi connectivity index (χ0v) is 12.7. The van der Waals surface area contributed by atoms with Gasteiger partial charge in [-0.05, 0) is 50.9 Å². The number of nitrogens with zero attached hydrogens (tertiary/aromatic N) is 1. The van der Waals surface area contributed by atoms with E-state index in [0.717, 1.165) is 0 Å². The number of thioether (sulfide) groups is 1. The minimum absolute atomic E-state index is 0.457. The highest BCUT2D eigenvalue weighted by Gasteiger charge is 2.41. The molecule has 17 heavy (non-hydrogen) atoms. The third kappa shape index (κ3) is 2.82. The lowest BCUT2D eigenvalue weighted by Gasteiger charge is -2.49. The number of hydrogen-bond acceptors (Lipinski definition) is 3. The molecule has 0 bridgehead atoms. The third-order valence-electron chi connectivity index (χ3n) is 5.03. The van der Waals surface area contributed by atoms with Gasteiger partial charge >= 0.3 is 0 Å². The van der Waals surface area contributed by atoms with E-state index in [9.17, 15) is 0 Å². The second kappa shape index (κ2) is 5.10. The summed E-state index contributed by atoms with van der Waals surface area (Å²) in [5.41, 5.74) is 0.931.